The second-order valence-electron chi connectivity index (χ2n) is 3.76. The Kier molecular flexibility index (Phi) is 2.43. The van der Waals surface area contributed by atoms with Crippen molar-refractivity contribution in [2.75, 3.05) is 13.2 Å². The van der Waals surface area contributed by atoms with Gasteiger partial charge in [0.05, 0.1) is 25.3 Å². The lowest BCUT2D eigenvalue weighted by molar-refractivity contribution is -0.0914. The van der Waals surface area contributed by atoms with E-state index in [0.717, 1.165) is 0 Å². The molecule has 1 aromatic carbocycles. The Morgan fingerprint density at radius 3 is 2.60 bits per heavy atom. The fourth-order valence-electron chi connectivity index (χ4n) is 1.66. The molecule has 0 spiro atoms. The van der Waals surface area contributed by atoms with Crippen LogP contribution < -0.4 is 5.73 Å². The minimum Gasteiger partial charge on any atom is -0.378 e. The van der Waals surface area contributed by atoms with Crippen LogP contribution in [-0.4, -0.2) is 13.2 Å². The Morgan fingerprint density at radius 2 is 2.13 bits per heavy atom. The summed E-state index contributed by atoms with van der Waals surface area (Å²) in [7, 11) is 0. The number of ether oxygens (including phenoxy) is 1. The third kappa shape index (κ3) is 1.50. The normalized spacial score (nSPS) is 20.1. The number of halogens is 1. The zero-order valence-electron chi connectivity index (χ0n) is 8.11. The van der Waals surface area contributed by atoms with Crippen molar-refractivity contribution < 1.29 is 9.13 Å². The number of benzene rings is 1. The van der Waals surface area contributed by atoms with Crippen LogP contribution in [0.25, 0.3) is 0 Å². The number of nitrogens with two attached hydrogens (primary N) is 1. The largest absolute Gasteiger partial charge is 0.378 e. The van der Waals surface area contributed by atoms with Crippen LogP contribution in [0.3, 0.4) is 0 Å². The van der Waals surface area contributed by atoms with Crippen molar-refractivity contribution in [3.05, 3.63) is 35.6 Å². The Labute approximate surface area is 87.3 Å². The Morgan fingerprint density at radius 1 is 1.47 bits per heavy atom. The number of nitrogens with zero attached hydrogens (tertiary/aromatic N) is 1. The highest BCUT2D eigenvalue weighted by Gasteiger charge is 2.46. The third-order valence-electron chi connectivity index (χ3n) is 2.78. The summed E-state index contributed by atoms with van der Waals surface area (Å²) in [5, 5.41) is 9.03. The second-order valence-corrected chi connectivity index (χ2v) is 3.76. The highest BCUT2D eigenvalue weighted by atomic mass is 19.1. The summed E-state index contributed by atoms with van der Waals surface area (Å²) in [6.45, 7) is 0.554. The van der Waals surface area contributed by atoms with Crippen LogP contribution in [0.2, 0.25) is 0 Å². The summed E-state index contributed by atoms with van der Waals surface area (Å²) < 4.78 is 18.4. The van der Waals surface area contributed by atoms with E-state index in [-0.39, 0.29) is 19.0 Å². The van der Waals surface area contributed by atoms with Gasteiger partial charge in [0, 0.05) is 5.56 Å². The van der Waals surface area contributed by atoms with Crippen molar-refractivity contribution in [3.63, 3.8) is 0 Å². The van der Waals surface area contributed by atoms with Gasteiger partial charge in [-0.3, -0.25) is 0 Å². The molecule has 1 aliphatic heterocycles. The third-order valence-corrected chi connectivity index (χ3v) is 2.78. The van der Waals surface area contributed by atoms with Crippen LogP contribution in [0.15, 0.2) is 24.3 Å². The van der Waals surface area contributed by atoms with Crippen LogP contribution in [-0.2, 0) is 4.74 Å². The van der Waals surface area contributed by atoms with E-state index < -0.39 is 11.5 Å². The van der Waals surface area contributed by atoms with E-state index in [0.29, 0.717) is 5.56 Å². The Bertz CT molecular complexity index is 409. The van der Waals surface area contributed by atoms with Crippen molar-refractivity contribution in [2.45, 2.75) is 6.04 Å². The van der Waals surface area contributed by atoms with E-state index in [9.17, 15) is 4.39 Å². The van der Waals surface area contributed by atoms with Crippen molar-refractivity contribution in [3.8, 4) is 6.07 Å². The fourth-order valence-corrected chi connectivity index (χ4v) is 1.66. The molecule has 2 N–H and O–H groups in total. The lowest BCUT2D eigenvalue weighted by Crippen LogP contribution is -2.49. The molecule has 0 aliphatic carbocycles. The molecular weight excluding hydrogens is 195 g/mol. The summed E-state index contributed by atoms with van der Waals surface area (Å²) >= 11 is 0. The minimum absolute atomic E-state index is 0.277. The van der Waals surface area contributed by atoms with Gasteiger partial charge in [-0.1, -0.05) is 18.2 Å². The monoisotopic (exact) mass is 206 g/mol. The quantitative estimate of drug-likeness (QED) is 0.794. The van der Waals surface area contributed by atoms with Gasteiger partial charge >= 0.3 is 0 Å². The molecule has 1 fully saturated rings. The fraction of sp³-hybridized carbons (Fsp3) is 0.364. The van der Waals surface area contributed by atoms with Gasteiger partial charge in [-0.15, -0.1) is 0 Å². The zero-order valence-corrected chi connectivity index (χ0v) is 8.11. The highest BCUT2D eigenvalue weighted by molar-refractivity contribution is 5.27. The molecule has 1 saturated heterocycles. The molecule has 0 aromatic heterocycles. The van der Waals surface area contributed by atoms with E-state index >= 15 is 0 Å². The van der Waals surface area contributed by atoms with Gasteiger partial charge in [-0.2, -0.15) is 5.26 Å². The SMILES string of the molecule is N#CC1(C(N)c2ccccc2F)COC1. The molecule has 2 rings (SSSR count). The highest BCUT2D eigenvalue weighted by Crippen LogP contribution is 2.38. The van der Waals surface area contributed by atoms with Crippen molar-refractivity contribution in [2.24, 2.45) is 11.1 Å². The van der Waals surface area contributed by atoms with Crippen LogP contribution in [0, 0.1) is 22.6 Å². The van der Waals surface area contributed by atoms with Crippen molar-refractivity contribution in [1.82, 2.24) is 0 Å². The van der Waals surface area contributed by atoms with Crippen molar-refractivity contribution >= 4 is 0 Å². The predicted molar refractivity (Wildman–Crippen MR) is 52.2 cm³/mol. The number of nitriles is 1. The maximum Gasteiger partial charge on any atom is 0.128 e. The first-order valence-electron chi connectivity index (χ1n) is 4.69. The molecule has 1 unspecified atom stereocenters. The molecule has 0 saturated carbocycles. The van der Waals surface area contributed by atoms with E-state index in [4.69, 9.17) is 15.7 Å². The average Bonchev–Trinajstić information content (AvgIpc) is 2.17. The minimum atomic E-state index is -0.762. The van der Waals surface area contributed by atoms with Crippen LogP contribution in [0.4, 0.5) is 4.39 Å². The summed E-state index contributed by atoms with van der Waals surface area (Å²) in [5.41, 5.74) is 5.52. The molecule has 1 aliphatic rings. The lowest BCUT2D eigenvalue weighted by Gasteiger charge is -2.39. The lowest BCUT2D eigenvalue weighted by atomic mass is 9.77. The Hall–Kier alpha value is -1.44. The molecule has 15 heavy (non-hydrogen) atoms. The van der Waals surface area contributed by atoms with E-state index in [1.807, 2.05) is 0 Å². The van der Waals surface area contributed by atoms with Crippen LogP contribution in [0.5, 0.6) is 0 Å². The van der Waals surface area contributed by atoms with E-state index in [2.05, 4.69) is 6.07 Å². The van der Waals surface area contributed by atoms with E-state index in [1.54, 1.807) is 18.2 Å². The molecule has 3 nitrogen and oxygen atoms in total. The first-order chi connectivity index (χ1) is 7.19. The molecular formula is C11H11FN2O. The van der Waals surface area contributed by atoms with Gasteiger partial charge in [0.15, 0.2) is 0 Å². The first kappa shape index (κ1) is 10.1. The molecule has 0 radical (unpaired) electrons. The summed E-state index contributed by atoms with van der Waals surface area (Å²) in [6.07, 6.45) is 0. The molecule has 78 valence electrons. The van der Waals surface area contributed by atoms with Gasteiger partial charge in [-0.25, -0.2) is 4.39 Å². The maximum absolute atomic E-state index is 13.4. The standard InChI is InChI=1S/C11H11FN2O/c12-9-4-2-1-3-8(9)10(14)11(5-13)6-15-7-11/h1-4,10H,6-7,14H2. The smallest absolute Gasteiger partial charge is 0.128 e. The topological polar surface area (TPSA) is 59.0 Å². The van der Waals surface area contributed by atoms with Gasteiger partial charge in [0.2, 0.25) is 0 Å². The molecule has 1 atom stereocenters. The van der Waals surface area contributed by atoms with Crippen LogP contribution in [0.1, 0.15) is 11.6 Å². The van der Waals surface area contributed by atoms with Gasteiger partial charge < -0.3 is 10.5 Å². The van der Waals surface area contributed by atoms with Crippen LogP contribution >= 0.6 is 0 Å². The summed E-state index contributed by atoms with van der Waals surface area (Å²) in [4.78, 5) is 0. The van der Waals surface area contributed by atoms with Crippen molar-refractivity contribution in [1.29, 1.82) is 5.26 Å². The number of hydrogen-bond acceptors (Lipinski definition) is 3. The maximum atomic E-state index is 13.4. The zero-order chi connectivity index (χ0) is 10.9. The van der Waals surface area contributed by atoms with Gasteiger partial charge in [0.1, 0.15) is 11.2 Å². The van der Waals surface area contributed by atoms with E-state index in [1.165, 1.54) is 6.07 Å². The number of rotatable bonds is 2. The number of hydrogen-bond donors (Lipinski definition) is 1. The molecule has 0 amide bonds. The first-order valence-corrected chi connectivity index (χ1v) is 4.69. The predicted octanol–water partition coefficient (Wildman–Crippen LogP) is 1.37. The molecule has 1 aromatic rings. The van der Waals surface area contributed by atoms with Gasteiger partial charge in [-0.05, 0) is 6.07 Å². The Balaban J connectivity index is 2.32. The average molecular weight is 206 g/mol. The molecule has 0 bridgehead atoms. The summed E-state index contributed by atoms with van der Waals surface area (Å²) in [6, 6.07) is 7.76. The molecule has 1 heterocycles. The summed E-state index contributed by atoms with van der Waals surface area (Å²) in [5.74, 6) is -0.369. The second kappa shape index (κ2) is 3.61. The molecule has 4 heteroatoms. The van der Waals surface area contributed by atoms with Gasteiger partial charge in [0.25, 0.3) is 0 Å².